The minimum Gasteiger partial charge on any atom is -0.346 e. The predicted molar refractivity (Wildman–Crippen MR) is 108 cm³/mol. The number of likely N-dealkylation sites (N-methyl/N-ethyl adjacent to an activating group) is 1. The molecule has 8 nitrogen and oxygen atoms in total. The molecule has 0 saturated carbocycles. The molecule has 1 unspecified atom stereocenters. The number of benzene rings is 1. The zero-order valence-electron chi connectivity index (χ0n) is 15.9. The van der Waals surface area contributed by atoms with Gasteiger partial charge in [-0.3, -0.25) is 4.90 Å². The SMILES string of the molecule is CC(Nc1nccc(N2CCN(C)C2=O)n1)c1cn(-c2ccc(Cl)c(F)c2)cn1. The highest BCUT2D eigenvalue weighted by molar-refractivity contribution is 6.30. The summed E-state index contributed by atoms with van der Waals surface area (Å²) < 4.78 is 15.4. The fourth-order valence-electron chi connectivity index (χ4n) is 3.05. The van der Waals surface area contributed by atoms with Crippen LogP contribution in [0.2, 0.25) is 5.02 Å². The molecule has 1 fully saturated rings. The number of halogens is 2. The lowest BCUT2D eigenvalue weighted by Crippen LogP contribution is -2.30. The van der Waals surface area contributed by atoms with Crippen LogP contribution < -0.4 is 10.2 Å². The number of urea groups is 1. The first-order valence-corrected chi connectivity index (χ1v) is 9.41. The quantitative estimate of drug-likeness (QED) is 0.690. The molecule has 1 aliphatic heterocycles. The Morgan fingerprint density at radius 1 is 1.24 bits per heavy atom. The van der Waals surface area contributed by atoms with E-state index in [0.29, 0.717) is 30.5 Å². The van der Waals surface area contributed by atoms with Gasteiger partial charge in [0.15, 0.2) is 0 Å². The van der Waals surface area contributed by atoms with Crippen LogP contribution in [-0.2, 0) is 0 Å². The average Bonchev–Trinajstić information content (AvgIpc) is 3.32. The molecule has 3 aromatic rings. The van der Waals surface area contributed by atoms with E-state index in [1.807, 2.05) is 6.92 Å². The number of rotatable bonds is 5. The Hall–Kier alpha value is -3.20. The van der Waals surface area contributed by atoms with Gasteiger partial charge in [-0.2, -0.15) is 4.98 Å². The molecule has 1 saturated heterocycles. The second-order valence-electron chi connectivity index (χ2n) is 6.76. The number of carbonyl (C=O) groups is 1. The van der Waals surface area contributed by atoms with Gasteiger partial charge in [-0.05, 0) is 31.2 Å². The van der Waals surface area contributed by atoms with Crippen molar-refractivity contribution in [3.8, 4) is 5.69 Å². The van der Waals surface area contributed by atoms with Gasteiger partial charge in [-0.25, -0.2) is 19.2 Å². The Bertz CT molecular complexity index is 1060. The van der Waals surface area contributed by atoms with Crippen LogP contribution in [-0.4, -0.2) is 50.6 Å². The first-order chi connectivity index (χ1) is 13.9. The van der Waals surface area contributed by atoms with Gasteiger partial charge in [0.1, 0.15) is 11.6 Å². The van der Waals surface area contributed by atoms with Crippen LogP contribution in [0.15, 0.2) is 43.0 Å². The number of aromatic nitrogens is 4. The number of nitrogens with one attached hydrogen (secondary N) is 1. The smallest absolute Gasteiger partial charge is 0.325 e. The summed E-state index contributed by atoms with van der Waals surface area (Å²) in [5, 5.41) is 3.26. The summed E-state index contributed by atoms with van der Waals surface area (Å²) in [5.74, 6) is 0.452. The number of hydrogen-bond donors (Lipinski definition) is 1. The highest BCUT2D eigenvalue weighted by Crippen LogP contribution is 2.22. The maximum atomic E-state index is 13.7. The monoisotopic (exact) mass is 415 g/mol. The predicted octanol–water partition coefficient (Wildman–Crippen LogP) is 3.50. The van der Waals surface area contributed by atoms with Crippen LogP contribution in [0.3, 0.4) is 0 Å². The molecule has 1 atom stereocenters. The van der Waals surface area contributed by atoms with Gasteiger partial charge in [-0.15, -0.1) is 0 Å². The van der Waals surface area contributed by atoms with Crippen LogP contribution >= 0.6 is 11.6 Å². The Morgan fingerprint density at radius 2 is 2.07 bits per heavy atom. The molecule has 3 heterocycles. The van der Waals surface area contributed by atoms with Crippen LogP contribution in [0.5, 0.6) is 0 Å². The van der Waals surface area contributed by atoms with Crippen LogP contribution in [0.25, 0.3) is 5.69 Å². The molecular weight excluding hydrogens is 397 g/mol. The van der Waals surface area contributed by atoms with Gasteiger partial charge in [0.2, 0.25) is 5.95 Å². The van der Waals surface area contributed by atoms with E-state index in [9.17, 15) is 9.18 Å². The molecule has 2 aromatic heterocycles. The number of anilines is 2. The Labute approximate surface area is 172 Å². The largest absolute Gasteiger partial charge is 0.346 e. The molecule has 4 rings (SSSR count). The highest BCUT2D eigenvalue weighted by atomic mass is 35.5. The van der Waals surface area contributed by atoms with E-state index in [4.69, 9.17) is 11.6 Å². The van der Waals surface area contributed by atoms with Crippen molar-refractivity contribution in [1.82, 2.24) is 24.4 Å². The van der Waals surface area contributed by atoms with Gasteiger partial charge >= 0.3 is 6.03 Å². The third-order valence-electron chi connectivity index (χ3n) is 4.73. The third kappa shape index (κ3) is 3.86. The van der Waals surface area contributed by atoms with E-state index in [0.717, 1.165) is 5.69 Å². The molecular formula is C19H19ClFN7O. The highest BCUT2D eigenvalue weighted by Gasteiger charge is 2.27. The van der Waals surface area contributed by atoms with E-state index in [-0.39, 0.29) is 17.1 Å². The summed E-state index contributed by atoms with van der Waals surface area (Å²) >= 11 is 5.74. The lowest BCUT2D eigenvalue weighted by Gasteiger charge is -2.17. The molecule has 1 aromatic carbocycles. The number of imidazole rings is 1. The first-order valence-electron chi connectivity index (χ1n) is 9.04. The maximum absolute atomic E-state index is 13.7. The standard InChI is InChI=1S/C19H19ClFN7O/c1-12(16-10-27(11-23-16)13-3-4-14(20)15(21)9-13)24-18-22-6-5-17(25-18)28-8-7-26(2)19(28)29/h3-6,9-12H,7-8H2,1-2H3,(H,22,24,25). The molecule has 1 aliphatic rings. The summed E-state index contributed by atoms with van der Waals surface area (Å²) in [6, 6.07) is 5.98. The second kappa shape index (κ2) is 7.67. The van der Waals surface area contributed by atoms with Crippen LogP contribution in [0, 0.1) is 5.82 Å². The zero-order valence-corrected chi connectivity index (χ0v) is 16.6. The van der Waals surface area contributed by atoms with E-state index < -0.39 is 5.82 Å². The van der Waals surface area contributed by atoms with Gasteiger partial charge in [-0.1, -0.05) is 11.6 Å². The zero-order chi connectivity index (χ0) is 20.5. The number of carbonyl (C=O) groups excluding carboxylic acids is 1. The lowest BCUT2D eigenvalue weighted by atomic mass is 10.2. The number of hydrogen-bond acceptors (Lipinski definition) is 5. The fraction of sp³-hybridized carbons (Fsp3) is 0.263. The van der Waals surface area contributed by atoms with Crippen LogP contribution in [0.4, 0.5) is 21.0 Å². The van der Waals surface area contributed by atoms with Crippen molar-refractivity contribution in [1.29, 1.82) is 0 Å². The van der Waals surface area contributed by atoms with Crippen molar-refractivity contribution in [3.63, 3.8) is 0 Å². The topological polar surface area (TPSA) is 79.2 Å². The minimum absolute atomic E-state index is 0.0730. The van der Waals surface area contributed by atoms with E-state index in [1.165, 1.54) is 12.1 Å². The van der Waals surface area contributed by atoms with Gasteiger partial charge in [0.05, 0.1) is 23.1 Å². The van der Waals surface area contributed by atoms with Gasteiger partial charge in [0, 0.05) is 38.2 Å². The van der Waals surface area contributed by atoms with Crippen molar-refractivity contribution in [2.75, 3.05) is 30.4 Å². The first kappa shape index (κ1) is 19.1. The van der Waals surface area contributed by atoms with Crippen molar-refractivity contribution >= 4 is 29.4 Å². The van der Waals surface area contributed by atoms with E-state index >= 15 is 0 Å². The normalized spacial score (nSPS) is 15.1. The summed E-state index contributed by atoms with van der Waals surface area (Å²) in [4.78, 5) is 28.5. The minimum atomic E-state index is -0.488. The van der Waals surface area contributed by atoms with Crippen molar-refractivity contribution in [2.24, 2.45) is 0 Å². The summed E-state index contributed by atoms with van der Waals surface area (Å²) in [6.45, 7) is 3.16. The summed E-state index contributed by atoms with van der Waals surface area (Å²) in [7, 11) is 1.76. The molecule has 0 bridgehead atoms. The number of nitrogens with zero attached hydrogens (tertiary/aromatic N) is 6. The van der Waals surface area contributed by atoms with Gasteiger partial charge < -0.3 is 14.8 Å². The van der Waals surface area contributed by atoms with Crippen molar-refractivity contribution < 1.29 is 9.18 Å². The molecule has 0 spiro atoms. The lowest BCUT2D eigenvalue weighted by molar-refractivity contribution is 0.229. The van der Waals surface area contributed by atoms with Crippen molar-refractivity contribution in [3.05, 3.63) is 59.5 Å². The molecule has 2 amide bonds. The molecule has 0 radical (unpaired) electrons. The summed E-state index contributed by atoms with van der Waals surface area (Å²) in [5.41, 5.74) is 1.35. The van der Waals surface area contributed by atoms with E-state index in [1.54, 1.807) is 52.3 Å². The molecule has 10 heteroatoms. The molecule has 1 N–H and O–H groups in total. The summed E-state index contributed by atoms with van der Waals surface area (Å²) in [6.07, 6.45) is 5.01. The Kier molecular flexibility index (Phi) is 5.06. The maximum Gasteiger partial charge on any atom is 0.325 e. The van der Waals surface area contributed by atoms with Crippen LogP contribution in [0.1, 0.15) is 18.7 Å². The Balaban J connectivity index is 1.49. The molecule has 0 aliphatic carbocycles. The fourth-order valence-corrected chi connectivity index (χ4v) is 3.16. The third-order valence-corrected chi connectivity index (χ3v) is 5.03. The van der Waals surface area contributed by atoms with E-state index in [2.05, 4.69) is 20.3 Å². The molecule has 29 heavy (non-hydrogen) atoms. The Morgan fingerprint density at radius 3 is 2.79 bits per heavy atom. The van der Waals surface area contributed by atoms with Gasteiger partial charge in [0.25, 0.3) is 0 Å². The second-order valence-corrected chi connectivity index (χ2v) is 7.17. The molecule has 150 valence electrons. The average molecular weight is 416 g/mol. The number of amides is 2. The van der Waals surface area contributed by atoms with Crippen molar-refractivity contribution in [2.45, 2.75) is 13.0 Å².